The Morgan fingerprint density at radius 2 is 1.02 bits per heavy atom. The highest BCUT2D eigenvalue weighted by Gasteiger charge is 2.28. The van der Waals surface area contributed by atoms with E-state index < -0.39 is 0 Å². The third-order valence-electron chi connectivity index (χ3n) is 11.1. The van der Waals surface area contributed by atoms with Crippen LogP contribution in [0.25, 0.3) is 21.8 Å². The number of ketones is 2. The molecule has 2 aliphatic carbocycles. The fourth-order valence-electron chi connectivity index (χ4n) is 7.73. The molecule has 0 unspecified atom stereocenters. The first-order valence-electron chi connectivity index (χ1n) is 19.8. The number of hydrogen-bond acceptors (Lipinski definition) is 10. The van der Waals surface area contributed by atoms with Gasteiger partial charge in [0.1, 0.15) is 11.6 Å². The van der Waals surface area contributed by atoms with Gasteiger partial charge in [0.2, 0.25) is 0 Å². The number of carbonyl (C=O) groups excluding carboxylic acids is 2. The second-order valence-corrected chi connectivity index (χ2v) is 16.5. The highest BCUT2D eigenvalue weighted by atomic mass is 32.2. The summed E-state index contributed by atoms with van der Waals surface area (Å²) in [4.78, 5) is 35.5. The molecule has 54 heavy (non-hydrogen) atoms. The minimum atomic E-state index is 0.125. The van der Waals surface area contributed by atoms with Crippen LogP contribution in [0.5, 0.6) is 0 Å². The molecule has 292 valence electrons. The van der Waals surface area contributed by atoms with Gasteiger partial charge in [0.15, 0.2) is 11.6 Å². The van der Waals surface area contributed by atoms with Crippen LogP contribution in [0.3, 0.4) is 0 Å². The Labute approximate surface area is 331 Å². The van der Waals surface area contributed by atoms with Crippen molar-refractivity contribution in [2.24, 2.45) is 11.8 Å². The van der Waals surface area contributed by atoms with Crippen molar-refractivity contribution in [3.8, 4) is 0 Å². The van der Waals surface area contributed by atoms with E-state index in [2.05, 4.69) is 49.1 Å². The van der Waals surface area contributed by atoms with Crippen LogP contribution in [-0.4, -0.2) is 85.1 Å². The molecule has 0 bridgehead atoms. The molecule has 2 aliphatic rings. The number of benzene rings is 2. The first kappa shape index (κ1) is 42.0. The lowest BCUT2D eigenvalue weighted by molar-refractivity contribution is 0.0515. The Morgan fingerprint density at radius 3 is 1.35 bits per heavy atom. The van der Waals surface area contributed by atoms with E-state index in [1.807, 2.05) is 59.9 Å². The van der Waals surface area contributed by atoms with Crippen molar-refractivity contribution in [2.75, 3.05) is 62.0 Å². The number of ether oxygens (including phenoxy) is 2. The molecule has 2 saturated carbocycles. The summed E-state index contributed by atoms with van der Waals surface area (Å²) in [6.07, 6.45) is 14.3. The van der Waals surface area contributed by atoms with Crippen molar-refractivity contribution in [3.63, 3.8) is 0 Å². The molecule has 2 aromatic carbocycles. The molecule has 2 aromatic heterocycles. The van der Waals surface area contributed by atoms with Gasteiger partial charge in [-0.05, 0) is 136 Å². The molecular weight excluding hydrogens is 713 g/mol. The number of thioether (sulfide) groups is 2. The molecule has 2 fully saturated rings. The molecular formula is C44H60N4O4S2. The lowest BCUT2D eigenvalue weighted by Crippen LogP contribution is -2.25. The van der Waals surface area contributed by atoms with Gasteiger partial charge in [0.05, 0.1) is 23.2 Å². The molecule has 0 spiro atoms. The predicted octanol–water partition coefficient (Wildman–Crippen LogP) is 9.92. The monoisotopic (exact) mass is 772 g/mol. The molecule has 0 saturated heterocycles. The summed E-state index contributed by atoms with van der Waals surface area (Å²) in [5, 5.41) is 9.00. The van der Waals surface area contributed by atoms with Gasteiger partial charge < -0.3 is 20.1 Å². The number of nitrogens with zero attached hydrogens (tertiary/aromatic N) is 2. The van der Waals surface area contributed by atoms with Crippen LogP contribution < -0.4 is 10.6 Å². The van der Waals surface area contributed by atoms with Gasteiger partial charge in [0, 0.05) is 72.5 Å². The molecule has 6 rings (SSSR count). The summed E-state index contributed by atoms with van der Waals surface area (Å²) in [6, 6.07) is 16.3. The second kappa shape index (κ2) is 21.2. The van der Waals surface area contributed by atoms with Gasteiger partial charge in [-0.3, -0.25) is 9.59 Å². The number of methoxy groups -OCH3 is 2. The Bertz CT molecular complexity index is 1700. The maximum atomic E-state index is 13.0. The lowest BCUT2D eigenvalue weighted by Gasteiger charge is -2.26. The summed E-state index contributed by atoms with van der Waals surface area (Å²) in [5.41, 5.74) is 5.92. The van der Waals surface area contributed by atoms with Crippen LogP contribution in [0, 0.1) is 11.8 Å². The van der Waals surface area contributed by atoms with Crippen LogP contribution in [0.1, 0.15) is 97.1 Å². The zero-order valence-electron chi connectivity index (χ0n) is 33.2. The minimum Gasteiger partial charge on any atom is -0.381 e. The number of anilines is 2. The van der Waals surface area contributed by atoms with Crippen molar-refractivity contribution in [1.29, 1.82) is 0 Å². The van der Waals surface area contributed by atoms with Crippen molar-refractivity contribution >= 4 is 68.5 Å². The molecule has 2 N–H and O–H groups in total. The number of carbonyl (C=O) groups is 2. The molecule has 0 atom stereocenters. The zero-order chi connectivity index (χ0) is 38.5. The highest BCUT2D eigenvalue weighted by Crippen LogP contribution is 2.32. The zero-order valence-corrected chi connectivity index (χ0v) is 34.8. The van der Waals surface area contributed by atoms with Gasteiger partial charge >= 0.3 is 0 Å². The Hall–Kier alpha value is -3.18. The van der Waals surface area contributed by atoms with E-state index in [0.29, 0.717) is 12.2 Å². The van der Waals surface area contributed by atoms with E-state index in [4.69, 9.17) is 19.4 Å². The maximum absolute atomic E-state index is 13.0. The molecule has 2 heterocycles. The number of aromatic nitrogens is 2. The summed E-state index contributed by atoms with van der Waals surface area (Å²) in [7, 11) is 3.53. The third-order valence-corrected chi connectivity index (χ3v) is 12.3. The first-order valence-corrected chi connectivity index (χ1v) is 22.6. The van der Waals surface area contributed by atoms with Crippen LogP contribution in [0.4, 0.5) is 11.6 Å². The predicted molar refractivity (Wildman–Crippen MR) is 230 cm³/mol. The molecule has 0 amide bonds. The number of pyridine rings is 2. The molecule has 0 aliphatic heterocycles. The minimum absolute atomic E-state index is 0.125. The third kappa shape index (κ3) is 11.0. The molecule has 0 radical (unpaired) electrons. The van der Waals surface area contributed by atoms with Gasteiger partial charge in [-0.25, -0.2) is 9.97 Å². The standard InChI is InChI=1S/2C22H30N2O2S/c2*1-4-15-13-18-14-17(21(25)16-5-8-19(26-2)9-6-16)7-10-20(18)24-22(15)23-11-12-27-3/h2*7,10,13-14,16,19H,4-6,8-9,11-12H2,1-3H3,(H,23,24). The number of aryl methyl sites for hydroxylation is 2. The summed E-state index contributed by atoms with van der Waals surface area (Å²) < 4.78 is 10.9. The van der Waals surface area contributed by atoms with Gasteiger partial charge in [-0.15, -0.1) is 0 Å². The van der Waals surface area contributed by atoms with Gasteiger partial charge in [0.25, 0.3) is 0 Å². The topological polar surface area (TPSA) is 102 Å². The lowest BCUT2D eigenvalue weighted by atomic mass is 9.82. The molecule has 4 aromatic rings. The highest BCUT2D eigenvalue weighted by molar-refractivity contribution is 7.98. The van der Waals surface area contributed by atoms with Crippen molar-refractivity contribution in [2.45, 2.75) is 90.3 Å². The quantitative estimate of drug-likeness (QED) is 0.0845. The Kier molecular flexibility index (Phi) is 16.5. The fourth-order valence-corrected chi connectivity index (χ4v) is 8.34. The van der Waals surface area contributed by atoms with Gasteiger partial charge in [-0.1, -0.05) is 13.8 Å². The van der Waals surface area contributed by atoms with E-state index in [9.17, 15) is 9.59 Å². The van der Waals surface area contributed by atoms with Crippen molar-refractivity contribution < 1.29 is 19.1 Å². The number of hydrogen-bond donors (Lipinski definition) is 2. The van der Waals surface area contributed by atoms with Gasteiger partial charge in [-0.2, -0.15) is 23.5 Å². The summed E-state index contributed by atoms with van der Waals surface area (Å²) in [5.74, 6) is 4.84. The fraction of sp³-hybridized carbons (Fsp3) is 0.545. The Morgan fingerprint density at radius 1 is 0.630 bits per heavy atom. The normalized spacial score (nSPS) is 20.0. The smallest absolute Gasteiger partial charge is 0.165 e. The number of fused-ring (bicyclic) bond motifs is 2. The SMILES string of the molecule is CCc1cc2cc(C(=O)C3CCC(OC)CC3)ccc2nc1NCCSC.CCc1cc2cc(C(=O)C3CCC(OC)CC3)ccc2nc1NCCSC. The van der Waals surface area contributed by atoms with E-state index in [1.165, 1.54) is 11.1 Å². The average molecular weight is 773 g/mol. The number of rotatable bonds is 16. The summed E-state index contributed by atoms with van der Waals surface area (Å²) in [6.45, 7) is 6.11. The average Bonchev–Trinajstić information content (AvgIpc) is 3.22. The second-order valence-electron chi connectivity index (χ2n) is 14.5. The molecule has 10 heteroatoms. The maximum Gasteiger partial charge on any atom is 0.165 e. The largest absolute Gasteiger partial charge is 0.381 e. The Balaban J connectivity index is 0.000000208. The van der Waals surface area contributed by atoms with Crippen LogP contribution in [-0.2, 0) is 22.3 Å². The van der Waals surface area contributed by atoms with Crippen molar-refractivity contribution in [3.05, 3.63) is 70.8 Å². The van der Waals surface area contributed by atoms with E-state index >= 15 is 0 Å². The van der Waals surface area contributed by atoms with E-state index in [1.54, 1.807) is 14.2 Å². The van der Waals surface area contributed by atoms with Crippen LogP contribution in [0.2, 0.25) is 0 Å². The van der Waals surface area contributed by atoms with Crippen LogP contribution in [0.15, 0.2) is 48.5 Å². The summed E-state index contributed by atoms with van der Waals surface area (Å²) >= 11 is 3.64. The van der Waals surface area contributed by atoms with E-state index in [0.717, 1.165) is 133 Å². The number of Topliss-reactive ketones (excluding diaryl/α,β-unsaturated/α-hetero) is 2. The molecule has 8 nitrogen and oxygen atoms in total. The first-order chi connectivity index (χ1) is 26.3. The number of nitrogens with one attached hydrogen (secondary N) is 2. The van der Waals surface area contributed by atoms with Crippen LogP contribution >= 0.6 is 23.5 Å². The van der Waals surface area contributed by atoms with E-state index in [-0.39, 0.29) is 23.4 Å². The van der Waals surface area contributed by atoms with Crippen molar-refractivity contribution in [1.82, 2.24) is 9.97 Å².